The highest BCUT2D eigenvalue weighted by atomic mass is 32.2. The Bertz CT molecular complexity index is 1560. The molecule has 0 fully saturated rings. The Kier molecular flexibility index (Phi) is 9.19. The second-order valence-electron chi connectivity index (χ2n) is 12.5. The zero-order valence-electron chi connectivity index (χ0n) is 25.8. The second-order valence-corrected chi connectivity index (χ2v) is 13.9. The van der Waals surface area contributed by atoms with Crippen LogP contribution in [0.1, 0.15) is 89.8 Å². The van der Waals surface area contributed by atoms with Crippen LogP contribution in [-0.2, 0) is 25.7 Å². The summed E-state index contributed by atoms with van der Waals surface area (Å²) < 4.78 is 36.1. The van der Waals surface area contributed by atoms with E-state index in [0.29, 0.717) is 6.42 Å². The Morgan fingerprint density at radius 2 is 1.64 bits per heavy atom. The van der Waals surface area contributed by atoms with E-state index in [9.17, 15) is 17.8 Å². The Hall–Kier alpha value is -3.23. The SMILES string of the molecule is CC[N+]1=C(/C=C/C=C2/N(CCCCCCCC(=O)O)c3ccc(S(=O)(=O)O)cc3C2(C)C)C(C)(C)c2cc(C)ccc21. The van der Waals surface area contributed by atoms with Crippen LogP contribution in [0.3, 0.4) is 0 Å². The van der Waals surface area contributed by atoms with Gasteiger partial charge in [0.15, 0.2) is 5.71 Å². The van der Waals surface area contributed by atoms with Gasteiger partial charge >= 0.3 is 5.97 Å². The molecular formula is C34H45N2O5S+. The summed E-state index contributed by atoms with van der Waals surface area (Å²) in [6, 6.07) is 11.5. The van der Waals surface area contributed by atoms with Crippen LogP contribution in [0.4, 0.5) is 11.4 Å². The Morgan fingerprint density at radius 3 is 2.31 bits per heavy atom. The lowest BCUT2D eigenvalue weighted by Gasteiger charge is -2.27. The molecule has 2 aliphatic rings. The van der Waals surface area contributed by atoms with E-state index in [1.807, 2.05) is 0 Å². The summed E-state index contributed by atoms with van der Waals surface area (Å²) in [5.41, 5.74) is 7.31. The Morgan fingerprint density at radius 1 is 0.952 bits per heavy atom. The highest BCUT2D eigenvalue weighted by Gasteiger charge is 2.44. The number of benzene rings is 2. The largest absolute Gasteiger partial charge is 0.481 e. The monoisotopic (exact) mass is 593 g/mol. The van der Waals surface area contributed by atoms with E-state index in [1.165, 1.54) is 28.6 Å². The van der Waals surface area contributed by atoms with Crippen molar-refractivity contribution < 1.29 is 27.4 Å². The summed E-state index contributed by atoms with van der Waals surface area (Å²) in [7, 11) is -4.33. The molecule has 2 aromatic carbocycles. The normalized spacial score (nSPS) is 18.3. The lowest BCUT2D eigenvalue weighted by Crippen LogP contribution is -2.28. The van der Waals surface area contributed by atoms with Gasteiger partial charge in [-0.05, 0) is 76.4 Å². The second kappa shape index (κ2) is 12.2. The molecular weight excluding hydrogens is 548 g/mol. The Balaban J connectivity index is 1.65. The van der Waals surface area contributed by atoms with Crippen LogP contribution in [0.25, 0.3) is 0 Å². The topological polar surface area (TPSA) is 97.9 Å². The summed E-state index contributed by atoms with van der Waals surface area (Å²) in [5.74, 6) is -0.752. The smallest absolute Gasteiger partial charge is 0.303 e. The van der Waals surface area contributed by atoms with Gasteiger partial charge in [0.2, 0.25) is 5.69 Å². The van der Waals surface area contributed by atoms with Crippen LogP contribution in [-0.4, -0.2) is 47.4 Å². The van der Waals surface area contributed by atoms with E-state index < -0.39 is 21.5 Å². The van der Waals surface area contributed by atoms with Crippen molar-refractivity contribution >= 4 is 33.2 Å². The van der Waals surface area contributed by atoms with Crippen LogP contribution in [0.5, 0.6) is 0 Å². The average Bonchev–Trinajstić information content (AvgIpc) is 3.25. The van der Waals surface area contributed by atoms with Crippen molar-refractivity contribution in [1.29, 1.82) is 0 Å². The lowest BCUT2D eigenvalue weighted by molar-refractivity contribution is -0.433. The van der Waals surface area contributed by atoms with Gasteiger partial charge in [0.25, 0.3) is 10.1 Å². The first-order valence-corrected chi connectivity index (χ1v) is 16.4. The molecule has 0 radical (unpaired) electrons. The van der Waals surface area contributed by atoms with Gasteiger partial charge in [-0.2, -0.15) is 13.0 Å². The molecule has 0 spiro atoms. The van der Waals surface area contributed by atoms with Gasteiger partial charge in [0.05, 0.1) is 10.3 Å². The van der Waals surface area contributed by atoms with Gasteiger partial charge in [0.1, 0.15) is 6.54 Å². The minimum Gasteiger partial charge on any atom is -0.481 e. The number of rotatable bonds is 12. The van der Waals surface area contributed by atoms with Crippen molar-refractivity contribution in [2.45, 2.75) is 95.8 Å². The number of carboxylic acids is 1. The lowest BCUT2D eigenvalue weighted by atomic mass is 9.80. The molecule has 2 heterocycles. The minimum absolute atomic E-state index is 0.0978. The molecule has 7 nitrogen and oxygen atoms in total. The molecule has 2 N–H and O–H groups in total. The number of unbranched alkanes of at least 4 members (excludes halogenated alkanes) is 4. The zero-order chi connectivity index (χ0) is 30.9. The van der Waals surface area contributed by atoms with Crippen LogP contribution >= 0.6 is 0 Å². The summed E-state index contributed by atoms with van der Waals surface area (Å²) in [6.07, 6.45) is 11.1. The van der Waals surface area contributed by atoms with Crippen molar-refractivity contribution in [2.24, 2.45) is 0 Å². The number of fused-ring (bicyclic) bond motifs is 2. The fourth-order valence-corrected chi connectivity index (χ4v) is 7.00. The maximum Gasteiger partial charge on any atom is 0.303 e. The molecule has 0 saturated carbocycles. The number of hydrogen-bond donors (Lipinski definition) is 2. The van der Waals surface area contributed by atoms with Gasteiger partial charge in [-0.1, -0.05) is 50.8 Å². The molecule has 0 saturated heterocycles. The number of nitrogens with zero attached hydrogens (tertiary/aromatic N) is 2. The fourth-order valence-electron chi connectivity index (χ4n) is 6.49. The molecule has 2 aliphatic heterocycles. The highest BCUT2D eigenvalue weighted by Crippen LogP contribution is 2.48. The van der Waals surface area contributed by atoms with Gasteiger partial charge in [-0.15, -0.1) is 0 Å². The van der Waals surface area contributed by atoms with Crippen molar-refractivity contribution in [3.05, 3.63) is 77.0 Å². The molecule has 0 amide bonds. The number of hydrogen-bond acceptors (Lipinski definition) is 4. The first-order valence-electron chi connectivity index (χ1n) is 15.0. The number of carboxylic acid groups (broad SMARTS) is 1. The first kappa shape index (κ1) is 31.7. The summed E-state index contributed by atoms with van der Waals surface area (Å²) >= 11 is 0. The summed E-state index contributed by atoms with van der Waals surface area (Å²) in [6.45, 7) is 14.6. The van der Waals surface area contributed by atoms with Crippen LogP contribution in [0.2, 0.25) is 0 Å². The number of carbonyl (C=O) groups is 1. The van der Waals surface area contributed by atoms with Crippen molar-refractivity contribution in [2.75, 3.05) is 18.0 Å². The third kappa shape index (κ3) is 6.25. The molecule has 0 bridgehead atoms. The highest BCUT2D eigenvalue weighted by molar-refractivity contribution is 7.85. The predicted molar refractivity (Wildman–Crippen MR) is 169 cm³/mol. The first-order chi connectivity index (χ1) is 19.7. The Labute approximate surface area is 251 Å². The third-order valence-electron chi connectivity index (χ3n) is 8.81. The van der Waals surface area contributed by atoms with E-state index in [2.05, 4.69) is 87.4 Å². The number of allylic oxidation sites excluding steroid dienone is 4. The molecule has 0 aliphatic carbocycles. The molecule has 0 aromatic heterocycles. The molecule has 42 heavy (non-hydrogen) atoms. The van der Waals surface area contributed by atoms with Crippen LogP contribution in [0, 0.1) is 6.92 Å². The molecule has 0 atom stereocenters. The molecule has 0 unspecified atom stereocenters. The molecule has 2 aromatic rings. The number of anilines is 1. The maximum atomic E-state index is 12.0. The average molecular weight is 594 g/mol. The van der Waals surface area contributed by atoms with Crippen LogP contribution < -0.4 is 4.90 Å². The van der Waals surface area contributed by atoms with Crippen molar-refractivity contribution in [3.8, 4) is 0 Å². The van der Waals surface area contributed by atoms with Crippen molar-refractivity contribution in [3.63, 3.8) is 0 Å². The van der Waals surface area contributed by atoms with Gasteiger partial charge in [-0.25, -0.2) is 0 Å². The third-order valence-corrected chi connectivity index (χ3v) is 9.65. The quantitative estimate of drug-likeness (QED) is 0.152. The van der Waals surface area contributed by atoms with E-state index in [4.69, 9.17) is 5.11 Å². The van der Waals surface area contributed by atoms with E-state index in [1.54, 1.807) is 12.1 Å². The summed E-state index contributed by atoms with van der Waals surface area (Å²) in [4.78, 5) is 13.0. The number of aliphatic carboxylic acids is 1. The van der Waals surface area contributed by atoms with E-state index >= 15 is 0 Å². The predicted octanol–water partition coefficient (Wildman–Crippen LogP) is 7.30. The maximum absolute atomic E-state index is 12.0. The number of aryl methyl sites for hydroxylation is 1. The standard InChI is InChI=1S/C34H44N2O5S/c1-7-35-28-19-17-24(2)22-26(28)33(3,4)30(35)14-13-15-31-34(5,6)27-23-25(42(39,40)41)18-20-29(27)36(31)21-12-10-8-9-11-16-32(37)38/h13-15,17-20,22-23H,7-12,16,21H2,1-6H3,(H-,37,38,39,40,41)/p+1. The van der Waals surface area contributed by atoms with E-state index in [0.717, 1.165) is 55.7 Å². The van der Waals surface area contributed by atoms with Crippen LogP contribution in [0.15, 0.2) is 65.2 Å². The van der Waals surface area contributed by atoms with Crippen molar-refractivity contribution in [1.82, 2.24) is 0 Å². The molecule has 8 heteroatoms. The molecule has 4 rings (SSSR count). The molecule has 226 valence electrons. The van der Waals surface area contributed by atoms with Gasteiger partial charge in [0, 0.05) is 47.5 Å². The van der Waals surface area contributed by atoms with Gasteiger partial charge < -0.3 is 10.0 Å². The fraction of sp³-hybridized carbons (Fsp3) is 0.471. The zero-order valence-corrected chi connectivity index (χ0v) is 26.6. The minimum atomic E-state index is -4.33. The summed E-state index contributed by atoms with van der Waals surface area (Å²) in [5, 5.41) is 8.88. The van der Waals surface area contributed by atoms with Gasteiger partial charge in [-0.3, -0.25) is 9.35 Å². The van der Waals surface area contributed by atoms with E-state index in [-0.39, 0.29) is 16.7 Å².